The second-order valence-corrected chi connectivity index (χ2v) is 4.12. The molecule has 0 heterocycles. The van der Waals surface area contributed by atoms with Crippen molar-refractivity contribution in [1.82, 2.24) is 0 Å². The van der Waals surface area contributed by atoms with Gasteiger partial charge in [0, 0.05) is 6.61 Å². The van der Waals surface area contributed by atoms with Gasteiger partial charge in [0.25, 0.3) is 0 Å². The molecular weight excluding hydrogens is 248 g/mol. The van der Waals surface area contributed by atoms with Gasteiger partial charge in [0.1, 0.15) is 0 Å². The Labute approximate surface area is 115 Å². The average molecular weight is 274 g/mol. The molecule has 0 N–H and O–H groups in total. The number of unbranched alkanes of at least 4 members (excludes halogenated alkanes) is 1. The van der Waals surface area contributed by atoms with Crippen LogP contribution in [0.3, 0.4) is 0 Å². The van der Waals surface area contributed by atoms with E-state index in [2.05, 4.69) is 0 Å². The van der Waals surface area contributed by atoms with Gasteiger partial charge in [-0.2, -0.15) is 0 Å². The molecule has 5 nitrogen and oxygen atoms in total. The lowest BCUT2D eigenvalue weighted by Gasteiger charge is -2.23. The van der Waals surface area contributed by atoms with E-state index in [1.54, 1.807) is 13.8 Å². The van der Waals surface area contributed by atoms with Gasteiger partial charge in [-0.25, -0.2) is 0 Å². The Kier molecular flexibility index (Phi) is 10.2. The molecule has 0 saturated carbocycles. The molecule has 0 aromatic rings. The molecule has 1 atom stereocenters. The fraction of sp³-hybridized carbons (Fsp3) is 0.857. The predicted octanol–water partition coefficient (Wildman–Crippen LogP) is 2.32. The van der Waals surface area contributed by atoms with Gasteiger partial charge in [0.05, 0.1) is 19.3 Å². The van der Waals surface area contributed by atoms with Crippen LogP contribution < -0.4 is 0 Å². The van der Waals surface area contributed by atoms with Crippen LogP contribution in [-0.2, 0) is 23.8 Å². The first-order valence-corrected chi connectivity index (χ1v) is 7.07. The predicted molar refractivity (Wildman–Crippen MR) is 71.7 cm³/mol. The van der Waals surface area contributed by atoms with E-state index in [1.807, 2.05) is 13.8 Å². The number of esters is 2. The highest BCUT2D eigenvalue weighted by molar-refractivity contribution is 5.95. The lowest BCUT2D eigenvalue weighted by molar-refractivity contribution is -0.169. The van der Waals surface area contributed by atoms with Gasteiger partial charge < -0.3 is 14.2 Å². The second-order valence-electron chi connectivity index (χ2n) is 4.12. The Bertz CT molecular complexity index is 247. The summed E-state index contributed by atoms with van der Waals surface area (Å²) in [4.78, 5) is 23.9. The summed E-state index contributed by atoms with van der Waals surface area (Å²) in [6.45, 7) is 8.23. The van der Waals surface area contributed by atoms with Gasteiger partial charge in [0.15, 0.2) is 5.92 Å². The third-order valence-electron chi connectivity index (χ3n) is 2.68. The molecule has 0 rings (SSSR count). The van der Waals surface area contributed by atoms with Gasteiger partial charge in [-0.15, -0.1) is 0 Å². The molecule has 0 aliphatic carbocycles. The van der Waals surface area contributed by atoms with Crippen LogP contribution in [0.1, 0.15) is 47.0 Å². The van der Waals surface area contributed by atoms with E-state index >= 15 is 0 Å². The quantitative estimate of drug-likeness (QED) is 0.452. The van der Waals surface area contributed by atoms with Crippen molar-refractivity contribution in [3.63, 3.8) is 0 Å². The van der Waals surface area contributed by atoms with Crippen LogP contribution in [0.4, 0.5) is 0 Å². The second kappa shape index (κ2) is 10.8. The normalized spacial score (nSPS) is 12.3. The van der Waals surface area contributed by atoms with E-state index in [0.717, 1.165) is 12.8 Å². The summed E-state index contributed by atoms with van der Waals surface area (Å²) in [6, 6.07) is 0. The molecule has 0 aliphatic rings. The maximum Gasteiger partial charge on any atom is 0.323 e. The molecule has 0 spiro atoms. The number of rotatable bonds is 10. The highest BCUT2D eigenvalue weighted by Crippen LogP contribution is 2.19. The van der Waals surface area contributed by atoms with Crippen molar-refractivity contribution in [1.29, 1.82) is 0 Å². The Balaban J connectivity index is 4.90. The first-order chi connectivity index (χ1) is 9.12. The molecule has 1 unspecified atom stereocenters. The highest BCUT2D eigenvalue weighted by Gasteiger charge is 2.37. The minimum absolute atomic E-state index is 0.237. The van der Waals surface area contributed by atoms with Crippen molar-refractivity contribution in [2.24, 2.45) is 5.92 Å². The molecule has 0 aromatic carbocycles. The summed E-state index contributed by atoms with van der Waals surface area (Å²) < 4.78 is 15.5. The lowest BCUT2D eigenvalue weighted by Crippen LogP contribution is -2.39. The third-order valence-corrected chi connectivity index (χ3v) is 2.68. The van der Waals surface area contributed by atoms with Crippen LogP contribution in [0.15, 0.2) is 0 Å². The average Bonchev–Trinajstić information content (AvgIpc) is 2.37. The molecule has 0 bridgehead atoms. The zero-order chi connectivity index (χ0) is 14.7. The molecule has 5 heteroatoms. The highest BCUT2D eigenvalue weighted by atomic mass is 16.6. The number of carbonyl (C=O) groups excluding carboxylic acids is 2. The largest absolute Gasteiger partial charge is 0.465 e. The van der Waals surface area contributed by atoms with Crippen LogP contribution in [0.25, 0.3) is 0 Å². The molecule has 0 fully saturated rings. The van der Waals surface area contributed by atoms with Gasteiger partial charge in [-0.3, -0.25) is 9.59 Å². The topological polar surface area (TPSA) is 61.8 Å². The summed E-state index contributed by atoms with van der Waals surface area (Å²) in [5.74, 6) is -2.10. The summed E-state index contributed by atoms with van der Waals surface area (Å²) in [6.07, 6.45) is 2.04. The maximum atomic E-state index is 11.9. The van der Waals surface area contributed by atoms with Crippen molar-refractivity contribution >= 4 is 11.9 Å². The van der Waals surface area contributed by atoms with Gasteiger partial charge in [-0.05, 0) is 27.2 Å². The smallest absolute Gasteiger partial charge is 0.323 e. The Hall–Kier alpha value is -1.10. The van der Waals surface area contributed by atoms with Crippen molar-refractivity contribution in [3.05, 3.63) is 0 Å². The Morgan fingerprint density at radius 3 is 1.79 bits per heavy atom. The molecule has 112 valence electrons. The van der Waals surface area contributed by atoms with Crippen LogP contribution >= 0.6 is 0 Å². The first-order valence-electron chi connectivity index (χ1n) is 7.07. The summed E-state index contributed by atoms with van der Waals surface area (Å²) in [5, 5.41) is 0. The minimum Gasteiger partial charge on any atom is -0.465 e. The zero-order valence-electron chi connectivity index (χ0n) is 12.4. The van der Waals surface area contributed by atoms with Crippen molar-refractivity contribution in [3.8, 4) is 0 Å². The van der Waals surface area contributed by atoms with E-state index in [4.69, 9.17) is 14.2 Å². The SMILES string of the molecule is CCCCC(OCC)C(C(=O)OCC)C(=O)OCC. The third kappa shape index (κ3) is 6.57. The monoisotopic (exact) mass is 274 g/mol. The molecular formula is C14H26O5. The molecule has 0 aliphatic heterocycles. The number of ether oxygens (including phenoxy) is 3. The van der Waals surface area contributed by atoms with Crippen LogP contribution in [0.2, 0.25) is 0 Å². The van der Waals surface area contributed by atoms with Crippen molar-refractivity contribution in [2.45, 2.75) is 53.1 Å². The number of carbonyl (C=O) groups is 2. The number of hydrogen-bond donors (Lipinski definition) is 0. The zero-order valence-corrected chi connectivity index (χ0v) is 12.4. The van der Waals surface area contributed by atoms with Crippen molar-refractivity contribution in [2.75, 3.05) is 19.8 Å². The van der Waals surface area contributed by atoms with Gasteiger partial charge in [0.2, 0.25) is 0 Å². The molecule has 0 amide bonds. The fourth-order valence-corrected chi connectivity index (χ4v) is 1.83. The van der Waals surface area contributed by atoms with E-state index in [0.29, 0.717) is 13.0 Å². The number of hydrogen-bond acceptors (Lipinski definition) is 5. The molecule has 0 aromatic heterocycles. The van der Waals surface area contributed by atoms with Crippen molar-refractivity contribution < 1.29 is 23.8 Å². The van der Waals surface area contributed by atoms with Gasteiger partial charge in [-0.1, -0.05) is 19.8 Å². The molecule has 19 heavy (non-hydrogen) atoms. The van der Waals surface area contributed by atoms with Crippen LogP contribution in [0, 0.1) is 5.92 Å². The lowest BCUT2D eigenvalue weighted by atomic mass is 9.97. The Morgan fingerprint density at radius 2 is 1.42 bits per heavy atom. The van der Waals surface area contributed by atoms with E-state index in [1.165, 1.54) is 0 Å². The van der Waals surface area contributed by atoms with Gasteiger partial charge >= 0.3 is 11.9 Å². The van der Waals surface area contributed by atoms with E-state index < -0.39 is 24.0 Å². The van der Waals surface area contributed by atoms with Crippen LogP contribution in [-0.4, -0.2) is 37.9 Å². The summed E-state index contributed by atoms with van der Waals surface area (Å²) >= 11 is 0. The Morgan fingerprint density at radius 1 is 0.895 bits per heavy atom. The first kappa shape index (κ1) is 17.9. The maximum absolute atomic E-state index is 11.9. The summed E-state index contributed by atoms with van der Waals surface area (Å²) in [5.41, 5.74) is 0. The minimum atomic E-state index is -0.980. The molecule has 0 radical (unpaired) electrons. The summed E-state index contributed by atoms with van der Waals surface area (Å²) in [7, 11) is 0. The van der Waals surface area contributed by atoms with E-state index in [9.17, 15) is 9.59 Å². The fourth-order valence-electron chi connectivity index (χ4n) is 1.83. The van der Waals surface area contributed by atoms with E-state index in [-0.39, 0.29) is 13.2 Å². The standard InChI is InChI=1S/C14H26O5/c1-5-9-10-11(17-6-2)12(13(15)18-7-3)14(16)19-8-4/h11-12H,5-10H2,1-4H3. The van der Waals surface area contributed by atoms with Crippen LogP contribution in [0.5, 0.6) is 0 Å². The molecule has 0 saturated heterocycles.